The van der Waals surface area contributed by atoms with E-state index in [4.69, 9.17) is 4.74 Å². The highest BCUT2D eigenvalue weighted by molar-refractivity contribution is 9.10. The third-order valence-corrected chi connectivity index (χ3v) is 6.59. The number of para-hydroxylation sites is 1. The van der Waals surface area contributed by atoms with Crippen LogP contribution in [0.1, 0.15) is 23.6 Å². The van der Waals surface area contributed by atoms with Crippen LogP contribution >= 0.6 is 31.9 Å². The van der Waals surface area contributed by atoms with Gasteiger partial charge in [0, 0.05) is 20.1 Å². The van der Waals surface area contributed by atoms with Gasteiger partial charge in [-0.15, -0.1) is 0 Å². The van der Waals surface area contributed by atoms with Crippen molar-refractivity contribution < 1.29 is 19.1 Å². The molecule has 0 saturated carbocycles. The zero-order valence-electron chi connectivity index (χ0n) is 18.2. The molecule has 1 aliphatic rings. The lowest BCUT2D eigenvalue weighted by molar-refractivity contribution is -0.122. The molecule has 6 nitrogen and oxygen atoms in total. The Bertz CT molecular complexity index is 1320. The van der Waals surface area contributed by atoms with Crippen LogP contribution in [-0.2, 0) is 22.6 Å². The number of anilines is 1. The van der Waals surface area contributed by atoms with Gasteiger partial charge < -0.3 is 4.74 Å². The molecule has 0 spiro atoms. The van der Waals surface area contributed by atoms with Crippen LogP contribution in [0.25, 0.3) is 6.08 Å². The van der Waals surface area contributed by atoms with Crippen LogP contribution in [0.15, 0.2) is 81.2 Å². The van der Waals surface area contributed by atoms with Gasteiger partial charge in [0.15, 0.2) is 0 Å². The average Bonchev–Trinajstić information content (AvgIpc) is 2.82. The molecule has 3 aromatic rings. The number of halogens is 2. The second-order valence-electron chi connectivity index (χ2n) is 7.50. The van der Waals surface area contributed by atoms with Crippen molar-refractivity contribution in [1.82, 2.24) is 5.32 Å². The third kappa shape index (κ3) is 4.98. The van der Waals surface area contributed by atoms with E-state index in [-0.39, 0.29) is 12.2 Å². The minimum atomic E-state index is -0.771. The van der Waals surface area contributed by atoms with Crippen LogP contribution in [0.2, 0.25) is 0 Å². The molecule has 0 atom stereocenters. The van der Waals surface area contributed by atoms with Gasteiger partial charge in [-0.25, -0.2) is 9.69 Å². The Balaban J connectivity index is 1.70. The predicted molar refractivity (Wildman–Crippen MR) is 137 cm³/mol. The summed E-state index contributed by atoms with van der Waals surface area (Å²) in [7, 11) is 0. The number of carbonyl (C=O) groups excluding carboxylic acids is 3. The highest BCUT2D eigenvalue weighted by Gasteiger charge is 2.37. The molecule has 0 aromatic heterocycles. The third-order valence-electron chi connectivity index (χ3n) is 5.33. The van der Waals surface area contributed by atoms with Gasteiger partial charge in [-0.05, 0) is 48.4 Å². The fourth-order valence-corrected chi connectivity index (χ4v) is 4.37. The zero-order chi connectivity index (χ0) is 24.2. The summed E-state index contributed by atoms with van der Waals surface area (Å²) in [6, 6.07) is 19.4. The molecule has 1 saturated heterocycles. The molecule has 4 rings (SSSR count). The maximum absolute atomic E-state index is 13.4. The summed E-state index contributed by atoms with van der Waals surface area (Å²) in [4.78, 5) is 39.6. The first-order valence-corrected chi connectivity index (χ1v) is 12.1. The first kappa shape index (κ1) is 23.9. The molecular weight excluding hydrogens is 564 g/mol. The molecule has 172 valence electrons. The molecule has 1 aliphatic heterocycles. The second-order valence-corrected chi connectivity index (χ2v) is 9.27. The number of nitrogens with zero attached hydrogens (tertiary/aromatic N) is 1. The monoisotopic (exact) mass is 582 g/mol. The Kier molecular flexibility index (Phi) is 7.29. The molecule has 1 N–H and O–H groups in total. The molecule has 8 heteroatoms. The van der Waals surface area contributed by atoms with Crippen molar-refractivity contribution in [3.8, 4) is 5.75 Å². The quantitative estimate of drug-likeness (QED) is 0.284. The molecule has 1 fully saturated rings. The summed E-state index contributed by atoms with van der Waals surface area (Å²) in [5, 5.41) is 2.28. The van der Waals surface area contributed by atoms with Gasteiger partial charge in [-0.1, -0.05) is 75.2 Å². The number of urea groups is 1. The number of amides is 4. The summed E-state index contributed by atoms with van der Waals surface area (Å²) in [5.41, 5.74) is 2.58. The largest absolute Gasteiger partial charge is 0.488 e. The number of rotatable bonds is 6. The molecule has 0 radical (unpaired) electrons. The Morgan fingerprint density at radius 3 is 2.38 bits per heavy atom. The summed E-state index contributed by atoms with van der Waals surface area (Å²) in [6.07, 6.45) is 2.07. The van der Waals surface area contributed by atoms with Crippen LogP contribution in [0.5, 0.6) is 5.75 Å². The van der Waals surface area contributed by atoms with Crippen LogP contribution in [0.4, 0.5) is 10.5 Å². The summed E-state index contributed by atoms with van der Waals surface area (Å²) >= 11 is 6.94. The van der Waals surface area contributed by atoms with Gasteiger partial charge in [0.05, 0.1) is 5.69 Å². The zero-order valence-corrected chi connectivity index (χ0v) is 21.4. The summed E-state index contributed by atoms with van der Waals surface area (Å²) in [5.74, 6) is -0.951. The van der Waals surface area contributed by atoms with Crippen molar-refractivity contribution in [3.63, 3.8) is 0 Å². The van der Waals surface area contributed by atoms with E-state index in [9.17, 15) is 14.4 Å². The van der Waals surface area contributed by atoms with E-state index in [0.29, 0.717) is 23.4 Å². The van der Waals surface area contributed by atoms with Crippen molar-refractivity contribution in [1.29, 1.82) is 0 Å². The minimum Gasteiger partial charge on any atom is -0.488 e. The van der Waals surface area contributed by atoms with Crippen molar-refractivity contribution in [2.45, 2.75) is 20.0 Å². The van der Waals surface area contributed by atoms with Crippen LogP contribution < -0.4 is 15.0 Å². The first-order chi connectivity index (χ1) is 16.4. The molecule has 4 amide bonds. The number of barbiturate groups is 1. The molecule has 3 aromatic carbocycles. The lowest BCUT2D eigenvalue weighted by Crippen LogP contribution is -2.54. The molecule has 34 heavy (non-hydrogen) atoms. The number of imide groups is 2. The van der Waals surface area contributed by atoms with Gasteiger partial charge >= 0.3 is 6.03 Å². The van der Waals surface area contributed by atoms with Crippen molar-refractivity contribution in [2.75, 3.05) is 4.90 Å². The maximum atomic E-state index is 13.4. The van der Waals surface area contributed by atoms with Gasteiger partial charge in [0.25, 0.3) is 11.8 Å². The van der Waals surface area contributed by atoms with Crippen molar-refractivity contribution in [2.24, 2.45) is 0 Å². The van der Waals surface area contributed by atoms with Crippen LogP contribution in [0, 0.1) is 0 Å². The topological polar surface area (TPSA) is 75.7 Å². The Morgan fingerprint density at radius 1 is 0.941 bits per heavy atom. The first-order valence-electron chi connectivity index (χ1n) is 10.5. The Labute approximate surface area is 213 Å². The Morgan fingerprint density at radius 2 is 1.65 bits per heavy atom. The van der Waals surface area contributed by atoms with E-state index in [1.165, 1.54) is 6.08 Å². The predicted octanol–water partition coefficient (Wildman–Crippen LogP) is 6.02. The lowest BCUT2D eigenvalue weighted by atomic mass is 10.0. The smallest absolute Gasteiger partial charge is 0.335 e. The standard InChI is InChI=1S/C26H20Br2N2O4/c1-2-16-7-4-6-10-22(16)30-25(32)20(24(31)29-26(30)33)14-18-13-19(27)11-12-23(18)34-15-17-8-3-5-9-21(17)28/h3-14H,2,15H2,1H3,(H,29,31,33)/b20-14-. The highest BCUT2D eigenvalue weighted by atomic mass is 79.9. The molecule has 0 aliphatic carbocycles. The van der Waals surface area contributed by atoms with E-state index >= 15 is 0 Å². The number of aryl methyl sites for hydroxylation is 1. The number of carbonyl (C=O) groups is 3. The summed E-state index contributed by atoms with van der Waals surface area (Å²) in [6.45, 7) is 2.22. The Hall–Kier alpha value is -3.23. The highest BCUT2D eigenvalue weighted by Crippen LogP contribution is 2.30. The molecule has 0 bridgehead atoms. The van der Waals surface area contributed by atoms with E-state index in [1.807, 2.05) is 49.4 Å². The van der Waals surface area contributed by atoms with Gasteiger partial charge in [-0.3, -0.25) is 14.9 Å². The van der Waals surface area contributed by atoms with Crippen molar-refractivity contribution >= 4 is 61.5 Å². The maximum Gasteiger partial charge on any atom is 0.335 e. The van der Waals surface area contributed by atoms with E-state index < -0.39 is 17.8 Å². The average molecular weight is 584 g/mol. The second kappa shape index (κ2) is 10.4. The van der Waals surface area contributed by atoms with Crippen molar-refractivity contribution in [3.05, 3.63) is 97.9 Å². The number of ether oxygens (including phenoxy) is 1. The van der Waals surface area contributed by atoms with Crippen LogP contribution in [-0.4, -0.2) is 17.8 Å². The number of benzene rings is 3. The van der Waals surface area contributed by atoms with Gasteiger partial charge in [0.2, 0.25) is 0 Å². The van der Waals surface area contributed by atoms with E-state index in [1.54, 1.807) is 24.3 Å². The lowest BCUT2D eigenvalue weighted by Gasteiger charge is -2.28. The number of hydrogen-bond acceptors (Lipinski definition) is 4. The molecular formula is C26H20Br2N2O4. The van der Waals surface area contributed by atoms with Gasteiger partial charge in [0.1, 0.15) is 17.9 Å². The fourth-order valence-electron chi connectivity index (χ4n) is 3.59. The normalized spacial score (nSPS) is 15.0. The molecule has 1 heterocycles. The van der Waals surface area contributed by atoms with E-state index in [2.05, 4.69) is 37.2 Å². The molecule has 0 unspecified atom stereocenters. The number of hydrogen-bond donors (Lipinski definition) is 1. The number of nitrogens with one attached hydrogen (secondary N) is 1. The minimum absolute atomic E-state index is 0.158. The SMILES string of the molecule is CCc1ccccc1N1C(=O)NC(=O)/C(=C/c2cc(Br)ccc2OCc2ccccc2Br)C1=O. The van der Waals surface area contributed by atoms with E-state index in [0.717, 1.165) is 25.0 Å². The fraction of sp³-hybridized carbons (Fsp3) is 0.115. The van der Waals surface area contributed by atoms with Gasteiger partial charge in [-0.2, -0.15) is 0 Å². The van der Waals surface area contributed by atoms with Crippen LogP contribution in [0.3, 0.4) is 0 Å². The summed E-state index contributed by atoms with van der Waals surface area (Å²) < 4.78 is 7.69.